The number of aryl methyl sites for hydroxylation is 2. The summed E-state index contributed by atoms with van der Waals surface area (Å²) in [6, 6.07) is 25.5. The number of hydrogen-bond acceptors (Lipinski definition) is 4. The summed E-state index contributed by atoms with van der Waals surface area (Å²) in [5.74, 6) is 4.47. The summed E-state index contributed by atoms with van der Waals surface area (Å²) in [6.45, 7) is 4.17. The maximum Gasteiger partial charge on any atom is 0.164 e. The lowest BCUT2D eigenvalue weighted by Crippen LogP contribution is -2.48. The summed E-state index contributed by atoms with van der Waals surface area (Å²) in [5.41, 5.74) is 7.45. The lowest BCUT2D eigenvalue weighted by Gasteiger charge is -2.57. The topological polar surface area (TPSA) is 62.5 Å². The van der Waals surface area contributed by atoms with Gasteiger partial charge < -0.3 is 0 Å². The van der Waals surface area contributed by atoms with E-state index in [1.165, 1.54) is 55.2 Å². The highest BCUT2D eigenvalue weighted by molar-refractivity contribution is 5.68. The first-order chi connectivity index (χ1) is 18.5. The average Bonchev–Trinajstić information content (AvgIpc) is 2.92. The second-order valence-electron chi connectivity index (χ2n) is 12.1. The molecule has 0 amide bonds. The Bertz CT molecular complexity index is 1460. The molecule has 4 bridgehead atoms. The highest BCUT2D eigenvalue weighted by Gasteiger charge is 2.51. The molecule has 4 heteroatoms. The number of rotatable bonds is 4. The van der Waals surface area contributed by atoms with E-state index in [0.717, 1.165) is 34.4 Å². The van der Waals surface area contributed by atoms with Crippen LogP contribution in [0.1, 0.15) is 60.8 Å². The molecule has 0 radical (unpaired) electrons. The molecule has 1 aromatic heterocycles. The van der Waals surface area contributed by atoms with E-state index in [9.17, 15) is 5.26 Å². The fraction of sp³-hybridized carbons (Fsp3) is 0.353. The van der Waals surface area contributed by atoms with Gasteiger partial charge in [0, 0.05) is 16.7 Å². The second kappa shape index (κ2) is 8.88. The second-order valence-corrected chi connectivity index (χ2v) is 12.1. The molecule has 0 aliphatic heterocycles. The zero-order chi connectivity index (χ0) is 25.9. The van der Waals surface area contributed by atoms with Gasteiger partial charge in [-0.15, -0.1) is 0 Å². The summed E-state index contributed by atoms with van der Waals surface area (Å²) in [5, 5.41) is 10.0. The smallest absolute Gasteiger partial charge is 0.164 e. The van der Waals surface area contributed by atoms with E-state index in [-0.39, 0.29) is 5.41 Å². The maximum atomic E-state index is 10.0. The molecule has 188 valence electrons. The van der Waals surface area contributed by atoms with Crippen molar-refractivity contribution in [3.63, 3.8) is 0 Å². The Morgan fingerprint density at radius 1 is 0.632 bits per heavy atom. The maximum absolute atomic E-state index is 10.0. The third-order valence-electron chi connectivity index (χ3n) is 9.23. The van der Waals surface area contributed by atoms with Gasteiger partial charge in [-0.05, 0) is 99.3 Å². The van der Waals surface area contributed by atoms with E-state index in [0.29, 0.717) is 23.0 Å². The van der Waals surface area contributed by atoms with Crippen molar-refractivity contribution in [1.82, 2.24) is 15.0 Å². The highest BCUT2D eigenvalue weighted by Crippen LogP contribution is 2.61. The Kier molecular flexibility index (Phi) is 5.44. The first kappa shape index (κ1) is 23.3. The van der Waals surface area contributed by atoms with E-state index in [1.54, 1.807) is 0 Å². The van der Waals surface area contributed by atoms with E-state index in [1.807, 2.05) is 6.07 Å². The zero-order valence-corrected chi connectivity index (χ0v) is 22.1. The van der Waals surface area contributed by atoms with Gasteiger partial charge in [0.15, 0.2) is 17.5 Å². The van der Waals surface area contributed by atoms with E-state index >= 15 is 0 Å². The van der Waals surface area contributed by atoms with Crippen LogP contribution >= 0.6 is 0 Å². The van der Waals surface area contributed by atoms with Crippen molar-refractivity contribution in [1.29, 1.82) is 5.26 Å². The van der Waals surface area contributed by atoms with Gasteiger partial charge in [-0.1, -0.05) is 59.7 Å². The third kappa shape index (κ3) is 4.11. The van der Waals surface area contributed by atoms with Crippen LogP contribution in [0.25, 0.3) is 34.2 Å². The summed E-state index contributed by atoms with van der Waals surface area (Å²) in [4.78, 5) is 14.8. The van der Waals surface area contributed by atoms with Crippen molar-refractivity contribution >= 4 is 0 Å². The Morgan fingerprint density at radius 2 is 1.08 bits per heavy atom. The molecule has 4 fully saturated rings. The van der Waals surface area contributed by atoms with E-state index < -0.39 is 0 Å². The fourth-order valence-electron chi connectivity index (χ4n) is 7.76. The van der Waals surface area contributed by atoms with Gasteiger partial charge >= 0.3 is 0 Å². The van der Waals surface area contributed by atoms with Crippen molar-refractivity contribution in [3.05, 3.63) is 89.0 Å². The van der Waals surface area contributed by atoms with Gasteiger partial charge in [0.05, 0.1) is 11.6 Å². The minimum atomic E-state index is 0.197. The van der Waals surface area contributed by atoms with Gasteiger partial charge in [-0.3, -0.25) is 0 Å². The van der Waals surface area contributed by atoms with Crippen molar-refractivity contribution in [2.24, 2.45) is 17.8 Å². The van der Waals surface area contributed by atoms with Crippen LogP contribution in [0.4, 0.5) is 0 Å². The lowest BCUT2D eigenvalue weighted by molar-refractivity contribution is -0.00518. The summed E-state index contributed by atoms with van der Waals surface area (Å²) < 4.78 is 0. The highest BCUT2D eigenvalue weighted by atomic mass is 15.0. The minimum absolute atomic E-state index is 0.197. The SMILES string of the molecule is Cc1ccc(-c2nc(-c3ccc(C)cc3)nc(-c3cc(C#N)cc(C45C[C@H]6C[C@H](C4)C[C@@H](C5)C6)c3)n2)cc1. The third-order valence-corrected chi connectivity index (χ3v) is 9.23. The first-order valence-electron chi connectivity index (χ1n) is 13.9. The number of benzene rings is 3. The Hall–Kier alpha value is -3.84. The fourth-order valence-corrected chi connectivity index (χ4v) is 7.76. The molecule has 0 spiro atoms. The quantitative estimate of drug-likeness (QED) is 0.289. The normalized spacial score (nSPS) is 25.3. The molecule has 0 atom stereocenters. The molecule has 4 aliphatic rings. The van der Waals surface area contributed by atoms with Crippen LogP contribution < -0.4 is 0 Å². The number of hydrogen-bond donors (Lipinski definition) is 0. The van der Waals surface area contributed by atoms with Gasteiger partial charge in [0.25, 0.3) is 0 Å². The standard InChI is InChI=1S/C34H32N4/c1-21-3-7-27(8-4-21)31-36-32(28-9-5-22(2)6-10-28)38-33(37-31)29-14-26(20-35)15-30(16-29)34-17-23-11-24(18-34)13-25(12-23)19-34/h3-10,14-16,23-25H,11-13,17-19H2,1-2H3/t23-,24-,25-,34?. The number of nitriles is 1. The van der Waals surface area contributed by atoms with Crippen molar-refractivity contribution in [3.8, 4) is 40.2 Å². The molecular weight excluding hydrogens is 464 g/mol. The predicted octanol–water partition coefficient (Wildman–Crippen LogP) is 7.83. The van der Waals surface area contributed by atoms with Crippen LogP contribution in [-0.2, 0) is 5.41 Å². The van der Waals surface area contributed by atoms with Crippen molar-refractivity contribution in [2.75, 3.05) is 0 Å². The summed E-state index contributed by atoms with van der Waals surface area (Å²) in [6.07, 6.45) is 7.97. The minimum Gasteiger partial charge on any atom is -0.208 e. The molecule has 0 saturated heterocycles. The first-order valence-corrected chi connectivity index (χ1v) is 13.9. The molecule has 3 aromatic carbocycles. The monoisotopic (exact) mass is 496 g/mol. The molecule has 4 aliphatic carbocycles. The van der Waals surface area contributed by atoms with Crippen LogP contribution in [0.15, 0.2) is 66.7 Å². The molecular formula is C34H32N4. The summed E-state index contributed by atoms with van der Waals surface area (Å²) >= 11 is 0. The van der Waals surface area contributed by atoms with Gasteiger partial charge in [0.1, 0.15) is 0 Å². The zero-order valence-electron chi connectivity index (χ0n) is 22.1. The largest absolute Gasteiger partial charge is 0.208 e. The van der Waals surface area contributed by atoms with Gasteiger partial charge in [-0.2, -0.15) is 5.26 Å². The van der Waals surface area contributed by atoms with Crippen LogP contribution in [0.5, 0.6) is 0 Å². The molecule has 1 heterocycles. The van der Waals surface area contributed by atoms with Gasteiger partial charge in [-0.25, -0.2) is 15.0 Å². The average molecular weight is 497 g/mol. The van der Waals surface area contributed by atoms with E-state index in [4.69, 9.17) is 15.0 Å². The predicted molar refractivity (Wildman–Crippen MR) is 150 cm³/mol. The Balaban J connectivity index is 1.38. The summed E-state index contributed by atoms with van der Waals surface area (Å²) in [7, 11) is 0. The van der Waals surface area contributed by atoms with Crippen LogP contribution in [-0.4, -0.2) is 15.0 Å². The Morgan fingerprint density at radius 3 is 1.53 bits per heavy atom. The van der Waals surface area contributed by atoms with Crippen molar-refractivity contribution in [2.45, 2.75) is 57.8 Å². The van der Waals surface area contributed by atoms with Crippen molar-refractivity contribution < 1.29 is 0 Å². The lowest BCUT2D eigenvalue weighted by atomic mass is 9.48. The Labute approximate surface area is 224 Å². The van der Waals surface area contributed by atoms with Gasteiger partial charge in [0.2, 0.25) is 0 Å². The van der Waals surface area contributed by atoms with Crippen LogP contribution in [0.2, 0.25) is 0 Å². The molecule has 0 unspecified atom stereocenters. The number of aromatic nitrogens is 3. The molecule has 8 rings (SSSR count). The molecule has 38 heavy (non-hydrogen) atoms. The van der Waals surface area contributed by atoms with E-state index in [2.05, 4.69) is 80.6 Å². The molecule has 4 saturated carbocycles. The molecule has 4 nitrogen and oxygen atoms in total. The molecule has 0 N–H and O–H groups in total. The number of nitrogens with zero attached hydrogens (tertiary/aromatic N) is 4. The van der Waals surface area contributed by atoms with Crippen LogP contribution in [0.3, 0.4) is 0 Å². The molecule has 4 aromatic rings. The van der Waals surface area contributed by atoms with Crippen LogP contribution in [0, 0.1) is 42.9 Å².